The minimum Gasteiger partial charge on any atom is -0.489 e. The topological polar surface area (TPSA) is 21.3 Å². The molecule has 2 nitrogen and oxygen atoms in total. The maximum Gasteiger partial charge on any atom is 0.139 e. The number of hydrogen-bond donors (Lipinski definition) is 1. The average molecular weight is 260 g/mol. The monoisotopic (exact) mass is 259 g/mol. The summed E-state index contributed by atoms with van der Waals surface area (Å²) in [7, 11) is 1.99. The minimum absolute atomic E-state index is 0.244. The Morgan fingerprint density at radius 3 is 2.81 bits per heavy atom. The Morgan fingerprint density at radius 1 is 1.31 bits per heavy atom. The van der Waals surface area contributed by atoms with E-state index in [1.54, 1.807) is 18.2 Å². The third-order valence-corrected chi connectivity index (χ3v) is 3.53. The van der Waals surface area contributed by atoms with Gasteiger partial charge in [-0.3, -0.25) is 0 Å². The molecule has 0 aliphatic heterocycles. The number of benzene rings is 1. The Kier molecular flexibility index (Phi) is 3.95. The third-order valence-electron chi connectivity index (χ3n) is 2.98. The zero-order chi connectivity index (χ0) is 11.5. The van der Waals surface area contributed by atoms with Gasteiger partial charge in [0.1, 0.15) is 11.9 Å². The van der Waals surface area contributed by atoms with Crippen molar-refractivity contribution in [2.24, 2.45) is 0 Å². The van der Waals surface area contributed by atoms with E-state index in [0.717, 1.165) is 19.3 Å². The molecule has 2 unspecified atom stereocenters. The Morgan fingerprint density at radius 2 is 2.12 bits per heavy atom. The molecule has 0 heterocycles. The zero-order valence-corrected chi connectivity index (χ0v) is 10.7. The number of ether oxygens (including phenoxy) is 1. The predicted molar refractivity (Wildman–Crippen MR) is 67.6 cm³/mol. The van der Waals surface area contributed by atoms with Gasteiger partial charge in [0.05, 0.1) is 5.02 Å². The van der Waals surface area contributed by atoms with Crippen molar-refractivity contribution in [3.63, 3.8) is 0 Å². The van der Waals surface area contributed by atoms with Gasteiger partial charge in [0, 0.05) is 17.1 Å². The van der Waals surface area contributed by atoms with Crippen molar-refractivity contribution in [2.45, 2.75) is 31.4 Å². The van der Waals surface area contributed by atoms with Gasteiger partial charge in [0.15, 0.2) is 0 Å². The predicted octanol–water partition coefficient (Wildman–Crippen LogP) is 3.51. The molecular weight excluding hydrogens is 245 g/mol. The lowest BCUT2D eigenvalue weighted by Crippen LogP contribution is -2.23. The van der Waals surface area contributed by atoms with Gasteiger partial charge in [-0.1, -0.05) is 23.2 Å². The lowest BCUT2D eigenvalue weighted by molar-refractivity contribution is 0.207. The Labute approximate surface area is 106 Å². The van der Waals surface area contributed by atoms with Crippen LogP contribution in [0.1, 0.15) is 19.3 Å². The highest BCUT2D eigenvalue weighted by atomic mass is 35.5. The van der Waals surface area contributed by atoms with Crippen molar-refractivity contribution in [3.05, 3.63) is 28.2 Å². The van der Waals surface area contributed by atoms with Gasteiger partial charge in [-0.25, -0.2) is 0 Å². The second-order valence-electron chi connectivity index (χ2n) is 4.11. The van der Waals surface area contributed by atoms with Crippen LogP contribution >= 0.6 is 23.2 Å². The van der Waals surface area contributed by atoms with Crippen LogP contribution in [0.3, 0.4) is 0 Å². The average Bonchev–Trinajstić information content (AvgIpc) is 2.71. The summed E-state index contributed by atoms with van der Waals surface area (Å²) in [5, 5.41) is 4.54. The lowest BCUT2D eigenvalue weighted by atomic mass is 10.2. The van der Waals surface area contributed by atoms with Gasteiger partial charge in [-0.15, -0.1) is 0 Å². The van der Waals surface area contributed by atoms with Crippen LogP contribution in [-0.2, 0) is 0 Å². The molecule has 1 aromatic rings. The third kappa shape index (κ3) is 2.82. The van der Waals surface area contributed by atoms with Crippen LogP contribution in [0.4, 0.5) is 0 Å². The van der Waals surface area contributed by atoms with Crippen LogP contribution in [0.15, 0.2) is 18.2 Å². The molecule has 0 radical (unpaired) electrons. The number of halogens is 2. The molecule has 0 aromatic heterocycles. The first-order chi connectivity index (χ1) is 7.69. The van der Waals surface area contributed by atoms with E-state index in [1.807, 2.05) is 7.05 Å². The Bertz CT molecular complexity index is 370. The standard InChI is InChI=1S/C12H15Cl2NO/c1-15-9-3-4-10(7-9)16-12-6-8(13)2-5-11(12)14/h2,5-6,9-10,15H,3-4,7H2,1H3. The summed E-state index contributed by atoms with van der Waals surface area (Å²) in [6, 6.07) is 5.87. The molecule has 0 bridgehead atoms. The van der Waals surface area contributed by atoms with Crippen molar-refractivity contribution in [1.29, 1.82) is 0 Å². The molecule has 88 valence electrons. The Hall–Kier alpha value is -0.440. The molecule has 0 spiro atoms. The summed E-state index contributed by atoms with van der Waals surface area (Å²) >= 11 is 12.0. The largest absolute Gasteiger partial charge is 0.489 e. The first-order valence-electron chi connectivity index (χ1n) is 5.48. The van der Waals surface area contributed by atoms with E-state index in [1.165, 1.54) is 0 Å². The van der Waals surface area contributed by atoms with Crippen LogP contribution in [0.5, 0.6) is 5.75 Å². The van der Waals surface area contributed by atoms with Gasteiger partial charge in [0.2, 0.25) is 0 Å². The van der Waals surface area contributed by atoms with Crippen molar-refractivity contribution in [3.8, 4) is 5.75 Å². The summed E-state index contributed by atoms with van der Waals surface area (Å²) in [4.78, 5) is 0. The fraction of sp³-hybridized carbons (Fsp3) is 0.500. The van der Waals surface area contributed by atoms with Crippen molar-refractivity contribution in [1.82, 2.24) is 5.32 Å². The molecule has 0 amide bonds. The highest BCUT2D eigenvalue weighted by Crippen LogP contribution is 2.31. The van der Waals surface area contributed by atoms with Gasteiger partial charge in [-0.2, -0.15) is 0 Å². The quantitative estimate of drug-likeness (QED) is 0.897. The molecule has 1 saturated carbocycles. The van der Waals surface area contributed by atoms with Crippen LogP contribution < -0.4 is 10.1 Å². The fourth-order valence-corrected chi connectivity index (χ4v) is 2.38. The maximum absolute atomic E-state index is 6.05. The van der Waals surface area contributed by atoms with E-state index in [2.05, 4.69) is 5.32 Å². The number of hydrogen-bond acceptors (Lipinski definition) is 2. The normalized spacial score (nSPS) is 24.7. The van der Waals surface area contributed by atoms with Crippen molar-refractivity contribution >= 4 is 23.2 Å². The molecule has 0 saturated heterocycles. The van der Waals surface area contributed by atoms with Gasteiger partial charge >= 0.3 is 0 Å². The van der Waals surface area contributed by atoms with Crippen LogP contribution in [0.25, 0.3) is 0 Å². The van der Waals surface area contributed by atoms with Crippen LogP contribution in [0, 0.1) is 0 Å². The number of nitrogens with one attached hydrogen (secondary N) is 1. The SMILES string of the molecule is CNC1CCC(Oc2cc(Cl)ccc2Cl)C1. The van der Waals surface area contributed by atoms with Crippen LogP contribution in [0.2, 0.25) is 10.0 Å². The molecule has 2 rings (SSSR count). The van der Waals surface area contributed by atoms with Crippen molar-refractivity contribution in [2.75, 3.05) is 7.05 Å². The molecule has 1 N–H and O–H groups in total. The van der Waals surface area contributed by atoms with Gasteiger partial charge < -0.3 is 10.1 Å². The molecule has 4 heteroatoms. The summed E-state index contributed by atoms with van der Waals surface area (Å²) in [6.07, 6.45) is 3.49. The van der Waals surface area contributed by atoms with Crippen molar-refractivity contribution < 1.29 is 4.74 Å². The second-order valence-corrected chi connectivity index (χ2v) is 4.96. The second kappa shape index (κ2) is 5.26. The molecule has 16 heavy (non-hydrogen) atoms. The van der Waals surface area contributed by atoms with E-state index in [0.29, 0.717) is 21.8 Å². The van der Waals surface area contributed by atoms with E-state index in [-0.39, 0.29) is 6.10 Å². The molecule has 1 aliphatic rings. The zero-order valence-electron chi connectivity index (χ0n) is 9.17. The smallest absolute Gasteiger partial charge is 0.139 e. The fourth-order valence-electron chi connectivity index (χ4n) is 2.06. The summed E-state index contributed by atoms with van der Waals surface area (Å²) in [5.41, 5.74) is 0. The molecular formula is C12H15Cl2NO. The van der Waals surface area contributed by atoms with E-state index >= 15 is 0 Å². The van der Waals surface area contributed by atoms with E-state index < -0.39 is 0 Å². The van der Waals surface area contributed by atoms with Gasteiger partial charge in [0.25, 0.3) is 0 Å². The summed E-state index contributed by atoms with van der Waals surface area (Å²) < 4.78 is 5.86. The first kappa shape index (κ1) is 12.0. The van der Waals surface area contributed by atoms with Gasteiger partial charge in [-0.05, 0) is 38.4 Å². The maximum atomic E-state index is 6.05. The first-order valence-corrected chi connectivity index (χ1v) is 6.23. The molecule has 1 fully saturated rings. The van der Waals surface area contributed by atoms with E-state index in [9.17, 15) is 0 Å². The summed E-state index contributed by atoms with van der Waals surface area (Å²) in [6.45, 7) is 0. The highest BCUT2D eigenvalue weighted by molar-refractivity contribution is 6.34. The lowest BCUT2D eigenvalue weighted by Gasteiger charge is -2.15. The molecule has 1 aromatic carbocycles. The minimum atomic E-state index is 0.244. The summed E-state index contributed by atoms with van der Waals surface area (Å²) in [5.74, 6) is 0.691. The molecule has 2 atom stereocenters. The van der Waals surface area contributed by atoms with Crippen LogP contribution in [-0.4, -0.2) is 19.2 Å². The van der Waals surface area contributed by atoms with E-state index in [4.69, 9.17) is 27.9 Å². The molecule has 1 aliphatic carbocycles. The number of rotatable bonds is 3. The highest BCUT2D eigenvalue weighted by Gasteiger charge is 2.25. The Balaban J connectivity index is 2.01.